The van der Waals surface area contributed by atoms with Gasteiger partial charge in [-0.15, -0.1) is 0 Å². The summed E-state index contributed by atoms with van der Waals surface area (Å²) in [4.78, 5) is 43.4. The molecule has 152 valence electrons. The molecule has 0 rings (SSSR count). The number of primary amides is 1. The highest BCUT2D eigenvalue weighted by Crippen LogP contribution is 2.23. The molecule has 0 unspecified atom stereocenters. The number of amides is 2. The van der Waals surface area contributed by atoms with E-state index in [2.05, 4.69) is 11.1 Å². The Morgan fingerprint density at radius 2 is 1.54 bits per heavy atom. The van der Waals surface area contributed by atoms with E-state index in [1.165, 1.54) is 35.4 Å². The first-order valence-electron chi connectivity index (χ1n) is 8.34. The van der Waals surface area contributed by atoms with Crippen LogP contribution in [0.2, 0.25) is 0 Å². The van der Waals surface area contributed by atoms with Crippen LogP contribution in [0.5, 0.6) is 0 Å². The van der Waals surface area contributed by atoms with E-state index < -0.39 is 12.0 Å². The Morgan fingerprint density at radius 3 is 2.04 bits per heavy atom. The molecule has 0 aliphatic heterocycles. The van der Waals surface area contributed by atoms with Crippen LogP contribution in [0, 0.1) is 0 Å². The summed E-state index contributed by atoms with van der Waals surface area (Å²) in [7, 11) is 2.89. The van der Waals surface area contributed by atoms with Gasteiger partial charge in [0, 0.05) is 25.4 Å². The molecule has 0 aromatic carbocycles. The molecule has 0 heterocycles. The lowest BCUT2D eigenvalue weighted by molar-refractivity contribution is -0.147. The van der Waals surface area contributed by atoms with Crippen molar-refractivity contribution >= 4 is 45.3 Å². The average molecular weight is 411 g/mol. The smallest absolute Gasteiger partial charge is 0.329 e. The Balaban J connectivity index is 0. The van der Waals surface area contributed by atoms with E-state index in [1.54, 1.807) is 0 Å². The highest BCUT2D eigenvalue weighted by molar-refractivity contribution is 8.76. The minimum atomic E-state index is -0.659. The van der Waals surface area contributed by atoms with Crippen LogP contribution in [0.15, 0.2) is 0 Å². The fourth-order valence-electron chi connectivity index (χ4n) is 1.31. The lowest BCUT2D eigenvalue weighted by Gasteiger charge is -2.15. The standard InChI is InChI=1S/C14H25NO5S2.C2H5NO/c1-4-7-19-13(17)6-9-21-22-10-12(15-11(3)16)14(18)20-8-5-2;1-2(3)4/h12H,4-10H2,1-3H3,(H,15,16);1H3,(H2,3,4)/t12-;/m0./s1. The van der Waals surface area contributed by atoms with E-state index in [9.17, 15) is 19.2 Å². The molecule has 0 aliphatic rings. The molecule has 0 radical (unpaired) electrons. The fraction of sp³-hybridized carbons (Fsp3) is 0.750. The first-order chi connectivity index (χ1) is 12.2. The number of nitrogens with one attached hydrogen (secondary N) is 1. The van der Waals surface area contributed by atoms with Gasteiger partial charge in [0.25, 0.3) is 0 Å². The molecule has 0 bridgehead atoms. The molecule has 0 spiro atoms. The molecule has 0 aromatic rings. The van der Waals surface area contributed by atoms with E-state index in [-0.39, 0.29) is 17.8 Å². The van der Waals surface area contributed by atoms with Crippen molar-refractivity contribution in [3.63, 3.8) is 0 Å². The molecule has 0 fully saturated rings. The van der Waals surface area contributed by atoms with Crippen molar-refractivity contribution in [3.05, 3.63) is 0 Å². The Kier molecular flexibility index (Phi) is 18.9. The van der Waals surface area contributed by atoms with Crippen molar-refractivity contribution in [2.45, 2.75) is 53.0 Å². The van der Waals surface area contributed by atoms with Crippen LogP contribution in [-0.4, -0.2) is 54.5 Å². The lowest BCUT2D eigenvalue weighted by Crippen LogP contribution is -2.42. The van der Waals surface area contributed by atoms with Gasteiger partial charge in [0.15, 0.2) is 0 Å². The van der Waals surface area contributed by atoms with Gasteiger partial charge in [-0.3, -0.25) is 14.4 Å². The van der Waals surface area contributed by atoms with Crippen LogP contribution in [0.1, 0.15) is 47.0 Å². The number of ether oxygens (including phenoxy) is 2. The number of carbonyl (C=O) groups is 4. The zero-order chi connectivity index (χ0) is 20.4. The highest BCUT2D eigenvalue weighted by Gasteiger charge is 2.21. The van der Waals surface area contributed by atoms with Gasteiger partial charge < -0.3 is 20.5 Å². The second kappa shape index (κ2) is 18.4. The normalized spacial score (nSPS) is 10.8. The van der Waals surface area contributed by atoms with Gasteiger partial charge in [-0.25, -0.2) is 4.79 Å². The van der Waals surface area contributed by atoms with Crippen molar-refractivity contribution < 1.29 is 28.7 Å². The van der Waals surface area contributed by atoms with Crippen molar-refractivity contribution in [2.75, 3.05) is 24.7 Å². The van der Waals surface area contributed by atoms with Crippen molar-refractivity contribution in [1.29, 1.82) is 0 Å². The third-order valence-electron chi connectivity index (χ3n) is 2.29. The molecule has 0 aromatic heterocycles. The van der Waals surface area contributed by atoms with E-state index in [0.29, 0.717) is 31.1 Å². The molecule has 2 amide bonds. The number of nitrogens with two attached hydrogens (primary N) is 1. The van der Waals surface area contributed by atoms with Crippen molar-refractivity contribution in [3.8, 4) is 0 Å². The maximum absolute atomic E-state index is 11.8. The summed E-state index contributed by atoms with van der Waals surface area (Å²) in [5, 5.41) is 2.58. The first-order valence-corrected chi connectivity index (χ1v) is 10.8. The summed E-state index contributed by atoms with van der Waals surface area (Å²) < 4.78 is 10.0. The lowest BCUT2D eigenvalue weighted by atomic mass is 10.3. The van der Waals surface area contributed by atoms with E-state index in [4.69, 9.17) is 9.47 Å². The van der Waals surface area contributed by atoms with Gasteiger partial charge in [0.1, 0.15) is 6.04 Å². The van der Waals surface area contributed by atoms with Crippen LogP contribution in [0.4, 0.5) is 0 Å². The second-order valence-electron chi connectivity index (χ2n) is 5.11. The molecule has 3 N–H and O–H groups in total. The summed E-state index contributed by atoms with van der Waals surface area (Å²) in [5.41, 5.74) is 4.47. The van der Waals surface area contributed by atoms with Gasteiger partial charge in [0.05, 0.1) is 19.6 Å². The Bertz CT molecular complexity index is 431. The highest BCUT2D eigenvalue weighted by atomic mass is 33.1. The summed E-state index contributed by atoms with van der Waals surface area (Å²) in [6.07, 6.45) is 1.88. The minimum absolute atomic E-state index is 0.212. The molecule has 1 atom stereocenters. The SMILES string of the molecule is CC(N)=O.CCCOC(=O)CCSSC[C@H](NC(C)=O)C(=O)OCCC. The van der Waals surface area contributed by atoms with Gasteiger partial charge in [0.2, 0.25) is 11.8 Å². The number of esters is 2. The van der Waals surface area contributed by atoms with Gasteiger partial charge in [-0.1, -0.05) is 35.4 Å². The van der Waals surface area contributed by atoms with E-state index in [1.807, 2.05) is 13.8 Å². The third kappa shape index (κ3) is 20.6. The van der Waals surface area contributed by atoms with Crippen molar-refractivity contribution in [2.24, 2.45) is 5.73 Å². The molecule has 26 heavy (non-hydrogen) atoms. The van der Waals surface area contributed by atoms with Crippen LogP contribution < -0.4 is 11.1 Å². The molecule has 8 nitrogen and oxygen atoms in total. The Labute approximate surface area is 163 Å². The van der Waals surface area contributed by atoms with Crippen LogP contribution in [0.3, 0.4) is 0 Å². The molecular weight excluding hydrogens is 380 g/mol. The minimum Gasteiger partial charge on any atom is -0.466 e. The molecule has 0 saturated heterocycles. The Hall–Kier alpha value is -1.42. The van der Waals surface area contributed by atoms with E-state index >= 15 is 0 Å². The van der Waals surface area contributed by atoms with Crippen LogP contribution in [-0.2, 0) is 28.7 Å². The van der Waals surface area contributed by atoms with Crippen molar-refractivity contribution in [1.82, 2.24) is 5.32 Å². The molecule has 0 saturated carbocycles. The predicted octanol–water partition coefficient (Wildman–Crippen LogP) is 1.66. The topological polar surface area (TPSA) is 125 Å². The largest absolute Gasteiger partial charge is 0.466 e. The van der Waals surface area contributed by atoms with Gasteiger partial charge in [-0.05, 0) is 12.8 Å². The second-order valence-corrected chi connectivity index (χ2v) is 7.74. The fourth-order valence-corrected chi connectivity index (χ4v) is 3.43. The zero-order valence-corrected chi connectivity index (χ0v) is 17.5. The number of hydrogen-bond donors (Lipinski definition) is 2. The predicted molar refractivity (Wildman–Crippen MR) is 105 cm³/mol. The van der Waals surface area contributed by atoms with Gasteiger partial charge >= 0.3 is 11.9 Å². The number of rotatable bonds is 12. The first kappa shape index (κ1) is 26.8. The van der Waals surface area contributed by atoms with Crippen LogP contribution >= 0.6 is 21.6 Å². The summed E-state index contributed by atoms with van der Waals surface area (Å²) in [6.45, 7) is 7.31. The third-order valence-corrected chi connectivity index (χ3v) is 4.70. The summed E-state index contributed by atoms with van der Waals surface area (Å²) in [6, 6.07) is -0.659. The molecule has 0 aliphatic carbocycles. The van der Waals surface area contributed by atoms with Crippen LogP contribution in [0.25, 0.3) is 0 Å². The van der Waals surface area contributed by atoms with E-state index in [0.717, 1.165) is 12.8 Å². The quantitative estimate of drug-likeness (QED) is 0.283. The monoisotopic (exact) mass is 410 g/mol. The average Bonchev–Trinajstić information content (AvgIpc) is 2.55. The zero-order valence-electron chi connectivity index (χ0n) is 15.9. The Morgan fingerprint density at radius 1 is 1.00 bits per heavy atom. The summed E-state index contributed by atoms with van der Waals surface area (Å²) in [5.74, 6) is -0.240. The maximum Gasteiger partial charge on any atom is 0.329 e. The number of carbonyl (C=O) groups excluding carboxylic acids is 4. The summed E-state index contributed by atoms with van der Waals surface area (Å²) >= 11 is 0. The molecular formula is C16H30N2O6S2. The maximum atomic E-state index is 11.8. The van der Waals surface area contributed by atoms with Gasteiger partial charge in [-0.2, -0.15) is 0 Å². The number of hydrogen-bond acceptors (Lipinski definition) is 8. The molecule has 10 heteroatoms.